The number of nitrogens with zero attached hydrogens (tertiary/aromatic N) is 2. The van der Waals surface area contributed by atoms with Gasteiger partial charge < -0.3 is 5.11 Å². The number of benzene rings is 1. The van der Waals surface area contributed by atoms with Crippen LogP contribution in [0.3, 0.4) is 0 Å². The Morgan fingerprint density at radius 2 is 1.95 bits per heavy atom. The first-order valence-corrected chi connectivity index (χ1v) is 7.93. The first-order valence-electron chi connectivity index (χ1n) is 7.93. The molecule has 3 aliphatic heterocycles. The Morgan fingerprint density at radius 3 is 2.71 bits per heavy atom. The molecule has 21 heavy (non-hydrogen) atoms. The van der Waals surface area contributed by atoms with E-state index in [1.54, 1.807) is 0 Å². The van der Waals surface area contributed by atoms with Gasteiger partial charge in [0.25, 0.3) is 0 Å². The smallest absolute Gasteiger partial charge is 0.304 e. The zero-order valence-corrected chi connectivity index (χ0v) is 12.4. The molecule has 4 heteroatoms. The van der Waals surface area contributed by atoms with Crippen LogP contribution in [-0.4, -0.2) is 53.1 Å². The fourth-order valence-corrected chi connectivity index (χ4v) is 3.76. The van der Waals surface area contributed by atoms with Gasteiger partial charge in [-0.15, -0.1) is 0 Å². The summed E-state index contributed by atoms with van der Waals surface area (Å²) in [6, 6.07) is 11.2. The molecule has 114 valence electrons. The maximum absolute atomic E-state index is 10.8. The highest BCUT2D eigenvalue weighted by Crippen LogP contribution is 2.28. The molecule has 0 unspecified atom stereocenters. The molecule has 0 saturated carbocycles. The number of piperidine rings is 1. The average molecular weight is 288 g/mol. The van der Waals surface area contributed by atoms with E-state index in [4.69, 9.17) is 5.11 Å². The summed E-state index contributed by atoms with van der Waals surface area (Å²) in [6.07, 6.45) is 2.77. The van der Waals surface area contributed by atoms with Gasteiger partial charge in [-0.2, -0.15) is 0 Å². The van der Waals surface area contributed by atoms with Crippen molar-refractivity contribution in [3.63, 3.8) is 0 Å². The standard InChI is InChI=1S/C17H24N2O2/c20-17(21)8-9-19-12-15-6-7-16(19)13-18(11-15)10-14-4-2-1-3-5-14/h1-5,15-16H,6-13H2,(H,20,21)/t15-,16+/m1/s1. The molecule has 0 spiro atoms. The van der Waals surface area contributed by atoms with Crippen molar-refractivity contribution in [3.05, 3.63) is 35.9 Å². The number of hydrogen-bond donors (Lipinski definition) is 1. The quantitative estimate of drug-likeness (QED) is 0.900. The van der Waals surface area contributed by atoms with Crippen LogP contribution in [0, 0.1) is 5.92 Å². The molecule has 0 radical (unpaired) electrons. The average Bonchev–Trinajstić information content (AvgIpc) is 2.76. The van der Waals surface area contributed by atoms with Gasteiger partial charge in [0.05, 0.1) is 6.42 Å². The Morgan fingerprint density at radius 1 is 1.14 bits per heavy atom. The van der Waals surface area contributed by atoms with Crippen LogP contribution in [0.2, 0.25) is 0 Å². The zero-order valence-electron chi connectivity index (χ0n) is 12.4. The second-order valence-electron chi connectivity index (χ2n) is 6.42. The summed E-state index contributed by atoms with van der Waals surface area (Å²) in [4.78, 5) is 15.8. The van der Waals surface area contributed by atoms with E-state index >= 15 is 0 Å². The Bertz CT molecular complexity index is 477. The van der Waals surface area contributed by atoms with E-state index in [1.165, 1.54) is 18.4 Å². The van der Waals surface area contributed by atoms with Crippen molar-refractivity contribution in [1.29, 1.82) is 0 Å². The summed E-state index contributed by atoms with van der Waals surface area (Å²) < 4.78 is 0. The van der Waals surface area contributed by atoms with Gasteiger partial charge in [-0.05, 0) is 24.3 Å². The third kappa shape index (κ3) is 3.83. The summed E-state index contributed by atoms with van der Waals surface area (Å²) in [5, 5.41) is 8.89. The highest BCUT2D eigenvalue weighted by molar-refractivity contribution is 5.66. The SMILES string of the molecule is O=C(O)CCN1C[C@@H]2CC[C@H]1CN(Cc1ccccc1)C2. The van der Waals surface area contributed by atoms with Crippen LogP contribution >= 0.6 is 0 Å². The molecular weight excluding hydrogens is 264 g/mol. The lowest BCUT2D eigenvalue weighted by molar-refractivity contribution is -0.137. The maximum Gasteiger partial charge on any atom is 0.304 e. The first kappa shape index (κ1) is 14.5. The van der Waals surface area contributed by atoms with Crippen molar-refractivity contribution in [2.75, 3.05) is 26.2 Å². The van der Waals surface area contributed by atoms with Gasteiger partial charge in [0.1, 0.15) is 0 Å². The molecule has 3 fully saturated rings. The predicted molar refractivity (Wildman–Crippen MR) is 82.1 cm³/mol. The summed E-state index contributed by atoms with van der Waals surface area (Å²) in [7, 11) is 0. The minimum atomic E-state index is -0.684. The van der Waals surface area contributed by atoms with E-state index in [2.05, 4.69) is 40.1 Å². The van der Waals surface area contributed by atoms with Gasteiger partial charge in [0.2, 0.25) is 0 Å². The van der Waals surface area contributed by atoms with Crippen LogP contribution < -0.4 is 0 Å². The number of carboxylic acids is 1. The van der Waals surface area contributed by atoms with Crippen LogP contribution in [0.1, 0.15) is 24.8 Å². The molecule has 2 bridgehead atoms. The van der Waals surface area contributed by atoms with Gasteiger partial charge in [-0.3, -0.25) is 14.6 Å². The minimum Gasteiger partial charge on any atom is -0.481 e. The normalized spacial score (nSPS) is 26.7. The van der Waals surface area contributed by atoms with E-state index in [1.807, 2.05) is 0 Å². The molecule has 4 nitrogen and oxygen atoms in total. The number of carbonyl (C=O) groups is 1. The number of hydrogen-bond acceptors (Lipinski definition) is 3. The zero-order chi connectivity index (χ0) is 14.7. The molecule has 1 aromatic carbocycles. The fraction of sp³-hybridized carbons (Fsp3) is 0.588. The third-order valence-electron chi connectivity index (χ3n) is 4.76. The van der Waals surface area contributed by atoms with Crippen molar-refractivity contribution < 1.29 is 9.90 Å². The Labute approximate surface area is 126 Å². The van der Waals surface area contributed by atoms with Crippen molar-refractivity contribution in [2.24, 2.45) is 5.92 Å². The Balaban J connectivity index is 1.62. The second kappa shape index (κ2) is 6.58. The highest BCUT2D eigenvalue weighted by Gasteiger charge is 2.34. The number of aliphatic carboxylic acids is 1. The van der Waals surface area contributed by atoms with E-state index in [-0.39, 0.29) is 6.42 Å². The maximum atomic E-state index is 10.8. The Hall–Kier alpha value is -1.39. The van der Waals surface area contributed by atoms with Gasteiger partial charge in [-0.25, -0.2) is 0 Å². The molecule has 0 amide bonds. The molecule has 3 aliphatic rings. The van der Waals surface area contributed by atoms with Crippen molar-refractivity contribution >= 4 is 5.97 Å². The van der Waals surface area contributed by atoms with Crippen molar-refractivity contribution in [2.45, 2.75) is 31.8 Å². The molecule has 2 atom stereocenters. The molecule has 0 aliphatic carbocycles. The lowest BCUT2D eigenvalue weighted by atomic mass is 9.95. The molecular formula is C17H24N2O2. The van der Waals surface area contributed by atoms with Crippen LogP contribution in [-0.2, 0) is 11.3 Å². The predicted octanol–water partition coefficient (Wildman–Crippen LogP) is 2.06. The van der Waals surface area contributed by atoms with Gasteiger partial charge in [-0.1, -0.05) is 30.3 Å². The summed E-state index contributed by atoms with van der Waals surface area (Å²) in [5.74, 6) is 0.0116. The van der Waals surface area contributed by atoms with Gasteiger partial charge in [0, 0.05) is 38.8 Å². The van der Waals surface area contributed by atoms with Crippen molar-refractivity contribution in [1.82, 2.24) is 9.80 Å². The van der Waals surface area contributed by atoms with E-state index < -0.39 is 5.97 Å². The summed E-state index contributed by atoms with van der Waals surface area (Å²) in [6.45, 7) is 5.01. The van der Waals surface area contributed by atoms with Gasteiger partial charge >= 0.3 is 5.97 Å². The third-order valence-corrected chi connectivity index (χ3v) is 4.76. The van der Waals surface area contributed by atoms with E-state index in [0.717, 1.165) is 26.2 Å². The second-order valence-corrected chi connectivity index (χ2v) is 6.42. The number of fused-ring (bicyclic) bond motifs is 4. The van der Waals surface area contributed by atoms with E-state index in [9.17, 15) is 4.79 Å². The molecule has 0 aromatic heterocycles. The minimum absolute atomic E-state index is 0.266. The van der Waals surface area contributed by atoms with E-state index in [0.29, 0.717) is 18.5 Å². The summed E-state index contributed by atoms with van der Waals surface area (Å²) in [5.41, 5.74) is 1.37. The largest absolute Gasteiger partial charge is 0.481 e. The molecule has 1 N–H and O–H groups in total. The first-order chi connectivity index (χ1) is 10.2. The summed E-state index contributed by atoms with van der Waals surface area (Å²) >= 11 is 0. The molecule has 1 aromatic rings. The monoisotopic (exact) mass is 288 g/mol. The lowest BCUT2D eigenvalue weighted by Crippen LogP contribution is -2.44. The molecule has 3 heterocycles. The Kier molecular flexibility index (Phi) is 4.56. The number of rotatable bonds is 5. The molecule has 3 saturated heterocycles. The number of carboxylic acid groups (broad SMARTS) is 1. The van der Waals surface area contributed by atoms with Crippen LogP contribution in [0.25, 0.3) is 0 Å². The van der Waals surface area contributed by atoms with Crippen molar-refractivity contribution in [3.8, 4) is 0 Å². The lowest BCUT2D eigenvalue weighted by Gasteiger charge is -2.35. The molecule has 4 rings (SSSR count). The fourth-order valence-electron chi connectivity index (χ4n) is 3.76. The highest BCUT2D eigenvalue weighted by atomic mass is 16.4. The van der Waals surface area contributed by atoms with Crippen LogP contribution in [0.5, 0.6) is 0 Å². The van der Waals surface area contributed by atoms with Crippen LogP contribution in [0.15, 0.2) is 30.3 Å². The topological polar surface area (TPSA) is 43.8 Å². The van der Waals surface area contributed by atoms with Gasteiger partial charge in [0.15, 0.2) is 0 Å². The van der Waals surface area contributed by atoms with Crippen LogP contribution in [0.4, 0.5) is 0 Å².